The predicted octanol–water partition coefficient (Wildman–Crippen LogP) is 2.98. The first kappa shape index (κ1) is 14.0. The van der Waals surface area contributed by atoms with E-state index in [4.69, 9.17) is 0 Å². The van der Waals surface area contributed by atoms with E-state index in [-0.39, 0.29) is 5.75 Å². The van der Waals surface area contributed by atoms with Gasteiger partial charge < -0.3 is 5.32 Å². The maximum Gasteiger partial charge on any atom is 0.149 e. The first-order chi connectivity index (χ1) is 7.29. The third-order valence-electron chi connectivity index (χ3n) is 1.96. The fraction of sp³-hybridized carbons (Fsp3) is 0.400. The zero-order valence-electron chi connectivity index (χ0n) is 9.05. The molecule has 16 heavy (non-hydrogen) atoms. The molecule has 0 saturated heterocycles. The summed E-state index contributed by atoms with van der Waals surface area (Å²) in [4.78, 5) is 0. The van der Waals surface area contributed by atoms with Crippen LogP contribution in [-0.2, 0) is 9.84 Å². The molecule has 6 heteroatoms. The highest BCUT2D eigenvalue weighted by atomic mass is 79.9. The smallest absolute Gasteiger partial charge is 0.149 e. The van der Waals surface area contributed by atoms with Crippen LogP contribution in [0.2, 0.25) is 0 Å². The van der Waals surface area contributed by atoms with E-state index < -0.39 is 9.84 Å². The van der Waals surface area contributed by atoms with Crippen molar-refractivity contribution >= 4 is 47.4 Å². The normalized spacial score (nSPS) is 11.5. The van der Waals surface area contributed by atoms with Gasteiger partial charge >= 0.3 is 0 Å². The van der Waals surface area contributed by atoms with Gasteiger partial charge in [-0.05, 0) is 56.5 Å². The minimum absolute atomic E-state index is 0.125. The van der Waals surface area contributed by atoms with Crippen molar-refractivity contribution in [2.75, 3.05) is 23.9 Å². The van der Waals surface area contributed by atoms with E-state index in [1.165, 1.54) is 6.26 Å². The van der Waals surface area contributed by atoms with Gasteiger partial charge in [-0.25, -0.2) is 8.42 Å². The number of sulfone groups is 1. The number of aryl methyl sites for hydroxylation is 1. The molecule has 0 fully saturated rings. The summed E-state index contributed by atoms with van der Waals surface area (Å²) in [6.45, 7) is 2.40. The number of benzene rings is 1. The van der Waals surface area contributed by atoms with E-state index in [0.29, 0.717) is 6.54 Å². The Labute approximate surface area is 113 Å². The Morgan fingerprint density at radius 2 is 1.75 bits per heavy atom. The van der Waals surface area contributed by atoms with E-state index in [1.54, 1.807) is 0 Å². The molecular weight excluding hydrogens is 358 g/mol. The summed E-state index contributed by atoms with van der Waals surface area (Å²) >= 11 is 6.87. The molecule has 1 aromatic rings. The second-order valence-electron chi connectivity index (χ2n) is 3.66. The first-order valence-electron chi connectivity index (χ1n) is 4.67. The lowest BCUT2D eigenvalue weighted by Crippen LogP contribution is -2.14. The molecule has 0 amide bonds. The lowest BCUT2D eigenvalue weighted by Gasteiger charge is -2.11. The fourth-order valence-corrected chi connectivity index (χ4v) is 3.40. The lowest BCUT2D eigenvalue weighted by molar-refractivity contribution is 0.602. The van der Waals surface area contributed by atoms with Crippen LogP contribution < -0.4 is 5.32 Å². The number of halogens is 2. The molecule has 1 N–H and O–H groups in total. The average Bonchev–Trinajstić information content (AvgIpc) is 2.07. The predicted molar refractivity (Wildman–Crippen MR) is 74.8 cm³/mol. The molecule has 0 aliphatic carbocycles. The van der Waals surface area contributed by atoms with E-state index in [2.05, 4.69) is 37.2 Å². The number of anilines is 1. The van der Waals surface area contributed by atoms with Crippen LogP contribution in [0.4, 0.5) is 5.69 Å². The Bertz CT molecular complexity index is 463. The van der Waals surface area contributed by atoms with Crippen molar-refractivity contribution in [2.45, 2.75) is 6.92 Å². The van der Waals surface area contributed by atoms with Gasteiger partial charge in [-0.3, -0.25) is 0 Å². The van der Waals surface area contributed by atoms with Crippen molar-refractivity contribution in [1.29, 1.82) is 0 Å². The number of hydrogen-bond donors (Lipinski definition) is 1. The molecule has 0 spiro atoms. The average molecular weight is 371 g/mol. The largest absolute Gasteiger partial charge is 0.382 e. The van der Waals surface area contributed by atoms with Gasteiger partial charge in [0.1, 0.15) is 9.84 Å². The lowest BCUT2D eigenvalue weighted by atomic mass is 10.2. The summed E-state index contributed by atoms with van der Waals surface area (Å²) in [5.41, 5.74) is 2.02. The third kappa shape index (κ3) is 4.43. The molecule has 1 rings (SSSR count). The van der Waals surface area contributed by atoms with Crippen molar-refractivity contribution in [3.8, 4) is 0 Å². The minimum atomic E-state index is -2.92. The minimum Gasteiger partial charge on any atom is -0.382 e. The monoisotopic (exact) mass is 369 g/mol. The highest BCUT2D eigenvalue weighted by Gasteiger charge is 2.07. The van der Waals surface area contributed by atoms with Gasteiger partial charge in [-0.15, -0.1) is 0 Å². The number of rotatable bonds is 4. The van der Waals surface area contributed by atoms with Crippen LogP contribution in [0.1, 0.15) is 5.56 Å². The van der Waals surface area contributed by atoms with Gasteiger partial charge in [0.2, 0.25) is 0 Å². The van der Waals surface area contributed by atoms with E-state index in [0.717, 1.165) is 20.2 Å². The molecule has 0 unspecified atom stereocenters. The molecule has 1 aromatic carbocycles. The van der Waals surface area contributed by atoms with Gasteiger partial charge in [0, 0.05) is 21.7 Å². The fourth-order valence-electron chi connectivity index (χ4n) is 1.23. The van der Waals surface area contributed by atoms with Gasteiger partial charge in [0.25, 0.3) is 0 Å². The molecule has 3 nitrogen and oxygen atoms in total. The van der Waals surface area contributed by atoms with E-state index in [1.807, 2.05) is 19.1 Å². The molecule has 90 valence electrons. The summed E-state index contributed by atoms with van der Waals surface area (Å²) in [5, 5.41) is 3.09. The highest BCUT2D eigenvalue weighted by molar-refractivity contribution is 9.11. The Morgan fingerprint density at radius 1 is 1.25 bits per heavy atom. The van der Waals surface area contributed by atoms with Crippen molar-refractivity contribution in [3.63, 3.8) is 0 Å². The van der Waals surface area contributed by atoms with Crippen LogP contribution in [0.25, 0.3) is 0 Å². The Kier molecular flexibility index (Phi) is 4.82. The standard InChI is InChI=1S/C10H13Br2NO2S/c1-7-5-8(11)10(9(12)6-7)13-3-4-16(2,14)15/h5-6,13H,3-4H2,1-2H3. The Morgan fingerprint density at radius 3 is 2.19 bits per heavy atom. The first-order valence-corrected chi connectivity index (χ1v) is 8.31. The van der Waals surface area contributed by atoms with Crippen molar-refractivity contribution < 1.29 is 8.42 Å². The molecule has 0 aliphatic rings. The SMILES string of the molecule is Cc1cc(Br)c(NCCS(C)(=O)=O)c(Br)c1. The highest BCUT2D eigenvalue weighted by Crippen LogP contribution is 2.32. The van der Waals surface area contributed by atoms with Crippen LogP contribution in [0, 0.1) is 6.92 Å². The summed E-state index contributed by atoms with van der Waals surface area (Å²) in [7, 11) is -2.92. The maximum absolute atomic E-state index is 11.0. The summed E-state index contributed by atoms with van der Waals surface area (Å²) < 4.78 is 23.8. The van der Waals surface area contributed by atoms with Gasteiger partial charge in [0.05, 0.1) is 11.4 Å². The Balaban J connectivity index is 2.75. The summed E-state index contributed by atoms with van der Waals surface area (Å²) in [5.74, 6) is 0.125. The molecule has 0 atom stereocenters. The van der Waals surface area contributed by atoms with Crippen LogP contribution in [0.15, 0.2) is 21.1 Å². The topological polar surface area (TPSA) is 46.2 Å². The van der Waals surface area contributed by atoms with Gasteiger partial charge in [-0.1, -0.05) is 0 Å². The molecule has 0 aliphatic heterocycles. The van der Waals surface area contributed by atoms with Crippen LogP contribution in [0.3, 0.4) is 0 Å². The maximum atomic E-state index is 11.0. The summed E-state index contributed by atoms with van der Waals surface area (Å²) in [6.07, 6.45) is 1.23. The van der Waals surface area contributed by atoms with Gasteiger partial charge in [-0.2, -0.15) is 0 Å². The third-order valence-corrected chi connectivity index (χ3v) is 4.16. The van der Waals surface area contributed by atoms with Crippen LogP contribution >= 0.6 is 31.9 Å². The van der Waals surface area contributed by atoms with E-state index >= 15 is 0 Å². The van der Waals surface area contributed by atoms with Crippen LogP contribution in [-0.4, -0.2) is 27.0 Å². The van der Waals surface area contributed by atoms with Crippen molar-refractivity contribution in [1.82, 2.24) is 0 Å². The zero-order valence-corrected chi connectivity index (χ0v) is 13.0. The molecule has 0 saturated carbocycles. The van der Waals surface area contributed by atoms with Crippen LogP contribution in [0.5, 0.6) is 0 Å². The second kappa shape index (κ2) is 5.51. The quantitative estimate of drug-likeness (QED) is 0.886. The Hall–Kier alpha value is -0.0700. The zero-order chi connectivity index (χ0) is 12.3. The van der Waals surface area contributed by atoms with Crippen molar-refractivity contribution in [3.05, 3.63) is 26.6 Å². The number of hydrogen-bond acceptors (Lipinski definition) is 3. The molecule has 0 radical (unpaired) electrons. The second-order valence-corrected chi connectivity index (χ2v) is 7.63. The molecular formula is C10H13Br2NO2S. The molecule has 0 bridgehead atoms. The van der Waals surface area contributed by atoms with Crippen molar-refractivity contribution in [2.24, 2.45) is 0 Å². The summed E-state index contributed by atoms with van der Waals surface area (Å²) in [6, 6.07) is 3.96. The van der Waals surface area contributed by atoms with Gasteiger partial charge in [0.15, 0.2) is 0 Å². The molecule has 0 aromatic heterocycles. The van der Waals surface area contributed by atoms with E-state index in [9.17, 15) is 8.42 Å². The number of nitrogens with one attached hydrogen (secondary N) is 1. The molecule has 0 heterocycles.